The molecule has 0 saturated carbocycles. The zero-order chi connectivity index (χ0) is 28.3. The first-order chi connectivity index (χ1) is 18.7. The lowest BCUT2D eigenvalue weighted by Crippen LogP contribution is -2.29. The van der Waals surface area contributed by atoms with Crippen molar-refractivity contribution in [3.05, 3.63) is 94.6 Å². The first-order valence-electron chi connectivity index (χ1n) is 12.6. The van der Waals surface area contributed by atoms with Crippen LogP contribution in [0.2, 0.25) is 0 Å². The fourth-order valence-corrected chi connectivity index (χ4v) is 4.66. The number of nitrogens with zero attached hydrogens (tertiary/aromatic N) is 1. The molecule has 1 saturated heterocycles. The van der Waals surface area contributed by atoms with E-state index in [0.717, 1.165) is 5.56 Å². The number of esters is 1. The van der Waals surface area contributed by atoms with E-state index >= 15 is 0 Å². The normalized spacial score (nSPS) is 16.5. The van der Waals surface area contributed by atoms with Crippen LogP contribution in [0.3, 0.4) is 0 Å². The Morgan fingerprint density at radius 1 is 0.923 bits per heavy atom. The minimum atomic E-state index is -0.922. The standard InChI is InChI=1S/C31H31NO7/c1-6-39-31(36)20-7-12-22(13-8-20)32-27(19-9-14-23(37-4)15-10-19)26(29(34)30(32)35)28(33)21-11-16-25(38-5)24(17-21)18(2)3/h7-18,27,33H,6H2,1-5H3/b28-26-. The van der Waals surface area contributed by atoms with Gasteiger partial charge < -0.3 is 19.3 Å². The van der Waals surface area contributed by atoms with E-state index in [1.165, 1.54) is 17.0 Å². The number of ether oxygens (including phenoxy) is 3. The first-order valence-corrected chi connectivity index (χ1v) is 12.6. The zero-order valence-corrected chi connectivity index (χ0v) is 22.6. The molecule has 1 aliphatic rings. The van der Waals surface area contributed by atoms with Gasteiger partial charge in [-0.05, 0) is 78.6 Å². The van der Waals surface area contributed by atoms with Crippen LogP contribution >= 0.6 is 0 Å². The van der Waals surface area contributed by atoms with Crippen molar-refractivity contribution >= 4 is 29.1 Å². The van der Waals surface area contributed by atoms with Gasteiger partial charge in [0.15, 0.2) is 0 Å². The van der Waals surface area contributed by atoms with E-state index in [1.54, 1.807) is 75.7 Å². The molecule has 0 aliphatic carbocycles. The molecule has 3 aromatic rings. The summed E-state index contributed by atoms with van der Waals surface area (Å²) in [5, 5.41) is 11.5. The summed E-state index contributed by atoms with van der Waals surface area (Å²) in [7, 11) is 3.12. The second kappa shape index (κ2) is 11.4. The van der Waals surface area contributed by atoms with E-state index in [9.17, 15) is 19.5 Å². The van der Waals surface area contributed by atoms with E-state index in [2.05, 4.69) is 0 Å². The van der Waals surface area contributed by atoms with Gasteiger partial charge in [0, 0.05) is 11.3 Å². The van der Waals surface area contributed by atoms with Gasteiger partial charge in [0.25, 0.3) is 11.7 Å². The van der Waals surface area contributed by atoms with E-state index in [4.69, 9.17) is 14.2 Å². The second-order valence-electron chi connectivity index (χ2n) is 9.32. The Balaban J connectivity index is 1.88. The third-order valence-corrected chi connectivity index (χ3v) is 6.66. The van der Waals surface area contributed by atoms with Crippen LogP contribution in [0.1, 0.15) is 59.8 Å². The first kappa shape index (κ1) is 27.4. The molecular formula is C31H31NO7. The molecule has 3 aromatic carbocycles. The molecule has 1 aliphatic heterocycles. The number of benzene rings is 3. The van der Waals surface area contributed by atoms with Gasteiger partial charge in [-0.1, -0.05) is 26.0 Å². The minimum Gasteiger partial charge on any atom is -0.507 e. The average Bonchev–Trinajstić information content (AvgIpc) is 3.22. The largest absolute Gasteiger partial charge is 0.507 e. The number of aliphatic hydroxyl groups excluding tert-OH is 1. The van der Waals surface area contributed by atoms with E-state index in [0.29, 0.717) is 33.9 Å². The summed E-state index contributed by atoms with van der Waals surface area (Å²) < 4.78 is 15.8. The van der Waals surface area contributed by atoms with Crippen LogP contribution in [0.15, 0.2) is 72.3 Å². The highest BCUT2D eigenvalue weighted by atomic mass is 16.5. The van der Waals surface area contributed by atoms with Crippen LogP contribution in [-0.4, -0.2) is 43.6 Å². The van der Waals surface area contributed by atoms with Gasteiger partial charge in [-0.25, -0.2) is 4.79 Å². The Labute approximate surface area is 227 Å². The molecule has 0 radical (unpaired) electrons. The highest BCUT2D eigenvalue weighted by Gasteiger charge is 2.47. The number of ketones is 1. The molecule has 202 valence electrons. The molecule has 1 fully saturated rings. The topological polar surface area (TPSA) is 102 Å². The molecule has 1 N–H and O–H groups in total. The number of carbonyl (C=O) groups excluding carboxylic acids is 3. The van der Waals surface area contributed by atoms with E-state index in [1.807, 2.05) is 13.8 Å². The lowest BCUT2D eigenvalue weighted by molar-refractivity contribution is -0.132. The van der Waals surface area contributed by atoms with Gasteiger partial charge in [-0.2, -0.15) is 0 Å². The predicted molar refractivity (Wildman–Crippen MR) is 147 cm³/mol. The van der Waals surface area contributed by atoms with Crippen molar-refractivity contribution in [2.24, 2.45) is 0 Å². The molecule has 0 spiro atoms. The lowest BCUT2D eigenvalue weighted by Gasteiger charge is -2.26. The minimum absolute atomic E-state index is 0.0421. The molecule has 1 unspecified atom stereocenters. The Kier molecular flexibility index (Phi) is 8.04. The van der Waals surface area contributed by atoms with Crippen molar-refractivity contribution in [2.75, 3.05) is 25.7 Å². The van der Waals surface area contributed by atoms with Crippen molar-refractivity contribution in [3.8, 4) is 11.5 Å². The van der Waals surface area contributed by atoms with Gasteiger partial charge in [-0.15, -0.1) is 0 Å². The molecule has 1 atom stereocenters. The van der Waals surface area contributed by atoms with Crippen LogP contribution in [-0.2, 0) is 14.3 Å². The summed E-state index contributed by atoms with van der Waals surface area (Å²) in [5.41, 5.74) is 2.52. The Bertz CT molecular complexity index is 1420. The molecular weight excluding hydrogens is 498 g/mol. The lowest BCUT2D eigenvalue weighted by atomic mass is 9.93. The monoisotopic (exact) mass is 529 g/mol. The van der Waals surface area contributed by atoms with E-state index < -0.39 is 23.7 Å². The van der Waals surface area contributed by atoms with Gasteiger partial charge in [0.1, 0.15) is 17.3 Å². The highest BCUT2D eigenvalue weighted by molar-refractivity contribution is 6.51. The highest BCUT2D eigenvalue weighted by Crippen LogP contribution is 2.43. The van der Waals surface area contributed by atoms with Crippen molar-refractivity contribution in [3.63, 3.8) is 0 Å². The Morgan fingerprint density at radius 3 is 2.13 bits per heavy atom. The average molecular weight is 530 g/mol. The maximum atomic E-state index is 13.5. The number of rotatable bonds is 8. The second-order valence-corrected chi connectivity index (χ2v) is 9.32. The summed E-state index contributed by atoms with van der Waals surface area (Å²) in [5.74, 6) is -1.03. The van der Waals surface area contributed by atoms with Crippen molar-refractivity contribution in [1.82, 2.24) is 0 Å². The molecule has 0 aromatic heterocycles. The predicted octanol–water partition coefficient (Wildman–Crippen LogP) is 5.63. The summed E-state index contributed by atoms with van der Waals surface area (Å²) in [6, 6.07) is 17.4. The maximum Gasteiger partial charge on any atom is 0.338 e. The number of anilines is 1. The zero-order valence-electron chi connectivity index (χ0n) is 22.6. The van der Waals surface area contributed by atoms with Crippen LogP contribution in [0.25, 0.3) is 5.76 Å². The smallest absolute Gasteiger partial charge is 0.338 e. The van der Waals surface area contributed by atoms with Crippen molar-refractivity contribution in [1.29, 1.82) is 0 Å². The molecule has 39 heavy (non-hydrogen) atoms. The van der Waals surface area contributed by atoms with Crippen LogP contribution < -0.4 is 14.4 Å². The fourth-order valence-electron chi connectivity index (χ4n) is 4.66. The fraction of sp³-hybridized carbons (Fsp3) is 0.258. The van der Waals surface area contributed by atoms with Crippen LogP contribution in [0, 0.1) is 0 Å². The summed E-state index contributed by atoms with van der Waals surface area (Å²) >= 11 is 0. The number of Topliss-reactive ketones (excluding diaryl/α,β-unsaturated/α-hetero) is 1. The number of carbonyl (C=O) groups is 3. The maximum absolute atomic E-state index is 13.5. The van der Waals surface area contributed by atoms with Gasteiger partial charge in [-0.3, -0.25) is 14.5 Å². The molecule has 1 heterocycles. The van der Waals surface area contributed by atoms with Crippen LogP contribution in [0.5, 0.6) is 11.5 Å². The number of hydrogen-bond donors (Lipinski definition) is 1. The number of aliphatic hydroxyl groups is 1. The Hall–Kier alpha value is -4.59. The van der Waals surface area contributed by atoms with Crippen molar-refractivity contribution in [2.45, 2.75) is 32.7 Å². The summed E-state index contributed by atoms with van der Waals surface area (Å²) in [4.78, 5) is 40.4. The number of hydrogen-bond acceptors (Lipinski definition) is 7. The molecule has 1 amide bonds. The molecule has 8 nitrogen and oxygen atoms in total. The molecule has 0 bridgehead atoms. The third kappa shape index (κ3) is 5.23. The van der Waals surface area contributed by atoms with Gasteiger partial charge in [0.2, 0.25) is 0 Å². The number of amides is 1. The van der Waals surface area contributed by atoms with Gasteiger partial charge >= 0.3 is 5.97 Å². The van der Waals surface area contributed by atoms with E-state index in [-0.39, 0.29) is 23.9 Å². The third-order valence-electron chi connectivity index (χ3n) is 6.66. The van der Waals surface area contributed by atoms with Gasteiger partial charge in [0.05, 0.1) is 38.0 Å². The summed E-state index contributed by atoms with van der Waals surface area (Å²) in [6.45, 7) is 5.94. The summed E-state index contributed by atoms with van der Waals surface area (Å²) in [6.07, 6.45) is 0. The van der Waals surface area contributed by atoms with Crippen molar-refractivity contribution < 1.29 is 33.7 Å². The Morgan fingerprint density at radius 2 is 1.56 bits per heavy atom. The quantitative estimate of drug-likeness (QED) is 0.175. The number of methoxy groups -OCH3 is 2. The molecule has 4 rings (SSSR count). The SMILES string of the molecule is CCOC(=O)c1ccc(N2C(=O)C(=O)/C(=C(\O)c3ccc(OC)c(C(C)C)c3)C2c2ccc(OC)cc2)cc1. The van der Waals surface area contributed by atoms with Crippen LogP contribution in [0.4, 0.5) is 5.69 Å². The molecule has 8 heteroatoms.